The number of piperazine rings is 1. The van der Waals surface area contributed by atoms with E-state index in [4.69, 9.17) is 9.47 Å². The molecule has 0 atom stereocenters. The molecule has 33 heavy (non-hydrogen) atoms. The van der Waals surface area contributed by atoms with Crippen molar-refractivity contribution in [2.24, 2.45) is 4.99 Å². The summed E-state index contributed by atoms with van der Waals surface area (Å²) in [5.41, 5.74) is 3.77. The number of hydrogen-bond donors (Lipinski definition) is 2. The van der Waals surface area contributed by atoms with E-state index in [1.807, 2.05) is 18.2 Å². The van der Waals surface area contributed by atoms with E-state index in [-0.39, 0.29) is 24.0 Å². The molecular formula is C25H38IN5O2. The van der Waals surface area contributed by atoms with Crippen LogP contribution in [0.15, 0.2) is 47.5 Å². The Morgan fingerprint density at radius 1 is 0.970 bits per heavy atom. The van der Waals surface area contributed by atoms with E-state index in [0.29, 0.717) is 6.54 Å². The van der Waals surface area contributed by atoms with Gasteiger partial charge in [-0.1, -0.05) is 18.2 Å². The average molecular weight is 568 g/mol. The molecule has 7 nitrogen and oxygen atoms in total. The number of benzene rings is 2. The van der Waals surface area contributed by atoms with Crippen LogP contribution in [0, 0.1) is 6.92 Å². The van der Waals surface area contributed by atoms with Crippen molar-refractivity contribution < 1.29 is 9.47 Å². The van der Waals surface area contributed by atoms with E-state index in [0.717, 1.165) is 68.7 Å². The Labute approximate surface area is 215 Å². The second-order valence-electron chi connectivity index (χ2n) is 8.06. The van der Waals surface area contributed by atoms with Crippen molar-refractivity contribution in [1.82, 2.24) is 15.5 Å². The normalized spacial score (nSPS) is 14.4. The highest BCUT2D eigenvalue weighted by Crippen LogP contribution is 2.27. The minimum Gasteiger partial charge on any atom is -0.493 e. The molecule has 0 aromatic heterocycles. The Morgan fingerprint density at radius 3 is 2.39 bits per heavy atom. The molecule has 0 spiro atoms. The first kappa shape index (κ1) is 27.0. The van der Waals surface area contributed by atoms with Gasteiger partial charge in [-0.15, -0.1) is 24.0 Å². The maximum absolute atomic E-state index is 5.38. The number of anilines is 1. The Morgan fingerprint density at radius 2 is 1.73 bits per heavy atom. The van der Waals surface area contributed by atoms with Crippen molar-refractivity contribution in [3.63, 3.8) is 0 Å². The summed E-state index contributed by atoms with van der Waals surface area (Å²) in [4.78, 5) is 9.37. The lowest BCUT2D eigenvalue weighted by Gasteiger charge is -2.36. The minimum absolute atomic E-state index is 0. The lowest BCUT2D eigenvalue weighted by molar-refractivity contribution is 0.255. The second-order valence-corrected chi connectivity index (χ2v) is 8.06. The summed E-state index contributed by atoms with van der Waals surface area (Å²) in [7, 11) is 5.10. The first-order valence-electron chi connectivity index (χ1n) is 11.3. The Kier molecular flexibility index (Phi) is 11.6. The van der Waals surface area contributed by atoms with Crippen molar-refractivity contribution >= 4 is 35.6 Å². The molecule has 3 rings (SSSR count). The summed E-state index contributed by atoms with van der Waals surface area (Å²) in [6.45, 7) is 9.21. The first-order valence-corrected chi connectivity index (χ1v) is 11.3. The topological polar surface area (TPSA) is 61.4 Å². The van der Waals surface area contributed by atoms with Crippen molar-refractivity contribution in [2.75, 3.05) is 65.4 Å². The van der Waals surface area contributed by atoms with Crippen LogP contribution in [-0.4, -0.2) is 71.4 Å². The van der Waals surface area contributed by atoms with Crippen molar-refractivity contribution in [1.29, 1.82) is 0 Å². The van der Waals surface area contributed by atoms with Crippen molar-refractivity contribution in [2.45, 2.75) is 19.9 Å². The van der Waals surface area contributed by atoms with Gasteiger partial charge in [0, 0.05) is 52.0 Å². The summed E-state index contributed by atoms with van der Waals surface area (Å²) in [5.74, 6) is 2.28. The summed E-state index contributed by atoms with van der Waals surface area (Å²) in [6, 6.07) is 14.7. The van der Waals surface area contributed by atoms with Crippen molar-refractivity contribution in [3.05, 3.63) is 53.6 Å². The molecule has 2 N–H and O–H groups in total. The van der Waals surface area contributed by atoms with Gasteiger partial charge in [0.05, 0.1) is 14.2 Å². The molecule has 0 aliphatic carbocycles. The standard InChI is InChI=1S/C25H37N5O2.HI/c1-20-7-5-8-22(17-20)30-15-13-29(14-16-30)12-6-11-27-25(26-2)28-19-21-9-10-23(31-3)24(18-21)32-4;/h5,7-10,17-18H,6,11-16,19H2,1-4H3,(H2,26,27,28);1H. The Hall–Kier alpha value is -2.20. The van der Waals surface area contributed by atoms with Crippen LogP contribution in [0.1, 0.15) is 17.5 Å². The van der Waals surface area contributed by atoms with Gasteiger partial charge in [0.15, 0.2) is 17.5 Å². The molecule has 0 bridgehead atoms. The molecular weight excluding hydrogens is 529 g/mol. The second kappa shape index (κ2) is 14.1. The quantitative estimate of drug-likeness (QED) is 0.210. The lowest BCUT2D eigenvalue weighted by Crippen LogP contribution is -2.47. The lowest BCUT2D eigenvalue weighted by atomic mass is 10.2. The van der Waals surface area contributed by atoms with Crippen LogP contribution in [0.25, 0.3) is 0 Å². The van der Waals surface area contributed by atoms with Crippen LogP contribution in [0.2, 0.25) is 0 Å². The number of ether oxygens (including phenoxy) is 2. The molecule has 1 aliphatic rings. The molecule has 1 heterocycles. The predicted octanol–water partition coefficient (Wildman–Crippen LogP) is 3.51. The Bertz CT molecular complexity index is 885. The zero-order valence-electron chi connectivity index (χ0n) is 20.3. The van der Waals surface area contributed by atoms with E-state index >= 15 is 0 Å². The smallest absolute Gasteiger partial charge is 0.191 e. The highest BCUT2D eigenvalue weighted by Gasteiger charge is 2.16. The monoisotopic (exact) mass is 567 g/mol. The van der Waals surface area contributed by atoms with Gasteiger partial charge in [0.25, 0.3) is 0 Å². The third-order valence-electron chi connectivity index (χ3n) is 5.81. The van der Waals surface area contributed by atoms with Gasteiger partial charge in [0.1, 0.15) is 0 Å². The summed E-state index contributed by atoms with van der Waals surface area (Å²) < 4.78 is 10.7. The van der Waals surface area contributed by atoms with Gasteiger partial charge in [0.2, 0.25) is 0 Å². The van der Waals surface area contributed by atoms with E-state index < -0.39 is 0 Å². The number of nitrogens with one attached hydrogen (secondary N) is 2. The largest absolute Gasteiger partial charge is 0.493 e. The molecule has 8 heteroatoms. The van der Waals surface area contributed by atoms with E-state index in [2.05, 4.69) is 56.6 Å². The SMILES string of the molecule is CN=C(NCCCN1CCN(c2cccc(C)c2)CC1)NCc1ccc(OC)c(OC)c1.I. The molecule has 0 saturated carbocycles. The predicted molar refractivity (Wildman–Crippen MR) is 148 cm³/mol. The molecule has 0 unspecified atom stereocenters. The molecule has 1 aliphatic heterocycles. The fraction of sp³-hybridized carbons (Fsp3) is 0.480. The van der Waals surface area contributed by atoms with Crippen LogP contribution >= 0.6 is 24.0 Å². The molecule has 2 aromatic rings. The number of methoxy groups -OCH3 is 2. The number of hydrogen-bond acceptors (Lipinski definition) is 5. The molecule has 182 valence electrons. The van der Waals surface area contributed by atoms with Crippen LogP contribution < -0.4 is 25.0 Å². The summed E-state index contributed by atoms with van der Waals surface area (Å²) in [5, 5.41) is 6.78. The Balaban J connectivity index is 0.00000385. The van der Waals surface area contributed by atoms with Gasteiger partial charge >= 0.3 is 0 Å². The maximum atomic E-state index is 5.38. The minimum atomic E-state index is 0. The van der Waals surface area contributed by atoms with E-state index in [9.17, 15) is 0 Å². The zero-order valence-corrected chi connectivity index (χ0v) is 22.6. The third-order valence-corrected chi connectivity index (χ3v) is 5.81. The first-order chi connectivity index (χ1) is 15.6. The average Bonchev–Trinajstić information content (AvgIpc) is 2.83. The fourth-order valence-corrected chi connectivity index (χ4v) is 3.96. The van der Waals surface area contributed by atoms with Crippen LogP contribution in [0.5, 0.6) is 11.5 Å². The molecule has 1 fully saturated rings. The summed E-state index contributed by atoms with van der Waals surface area (Å²) in [6.07, 6.45) is 1.08. The molecule has 0 amide bonds. The highest BCUT2D eigenvalue weighted by atomic mass is 127. The number of halogens is 1. The van der Waals surface area contributed by atoms with Gasteiger partial charge in [-0.2, -0.15) is 0 Å². The summed E-state index contributed by atoms with van der Waals surface area (Å²) >= 11 is 0. The maximum Gasteiger partial charge on any atom is 0.191 e. The van der Waals surface area contributed by atoms with E-state index in [1.165, 1.54) is 11.3 Å². The third kappa shape index (κ3) is 8.26. The van der Waals surface area contributed by atoms with Crippen molar-refractivity contribution in [3.8, 4) is 11.5 Å². The van der Waals surface area contributed by atoms with Gasteiger partial charge in [-0.3, -0.25) is 9.89 Å². The number of rotatable bonds is 9. The van der Waals surface area contributed by atoms with Crippen LogP contribution in [-0.2, 0) is 6.54 Å². The van der Waals surface area contributed by atoms with E-state index in [1.54, 1.807) is 21.3 Å². The van der Waals surface area contributed by atoms with Gasteiger partial charge < -0.3 is 25.0 Å². The zero-order chi connectivity index (χ0) is 22.8. The van der Waals surface area contributed by atoms with Gasteiger partial charge in [-0.25, -0.2) is 0 Å². The van der Waals surface area contributed by atoms with Gasteiger partial charge in [-0.05, 0) is 55.3 Å². The molecule has 2 aromatic carbocycles. The number of aliphatic imine (C=N–C) groups is 1. The highest BCUT2D eigenvalue weighted by molar-refractivity contribution is 14.0. The number of nitrogens with zero attached hydrogens (tertiary/aromatic N) is 3. The fourth-order valence-electron chi connectivity index (χ4n) is 3.96. The number of guanidine groups is 1. The molecule has 0 radical (unpaired) electrons. The van der Waals surface area contributed by atoms with Crippen LogP contribution in [0.3, 0.4) is 0 Å². The molecule has 1 saturated heterocycles. The van der Waals surface area contributed by atoms with Crippen LogP contribution in [0.4, 0.5) is 5.69 Å². The number of aryl methyl sites for hydroxylation is 1.